The Morgan fingerprint density at radius 2 is 1.83 bits per heavy atom. The number of nitrogens with one attached hydrogen (secondary N) is 2. The van der Waals surface area contributed by atoms with Crippen molar-refractivity contribution >= 4 is 23.6 Å². The molecule has 1 aliphatic heterocycles. The van der Waals surface area contributed by atoms with Crippen LogP contribution >= 0.6 is 0 Å². The summed E-state index contributed by atoms with van der Waals surface area (Å²) in [6, 6.07) is 0. The van der Waals surface area contributed by atoms with E-state index in [9.17, 15) is 24.3 Å². The van der Waals surface area contributed by atoms with Crippen molar-refractivity contribution in [3.05, 3.63) is 58.5 Å². The van der Waals surface area contributed by atoms with Crippen molar-refractivity contribution in [3.8, 4) is 0 Å². The monoisotopic (exact) mass is 644 g/mol. The minimum absolute atomic E-state index is 0.123. The molecule has 0 saturated carbocycles. The lowest BCUT2D eigenvalue weighted by molar-refractivity contribution is -0.120. The first kappa shape index (κ1) is 38.6. The molecule has 12 heteroatoms. The van der Waals surface area contributed by atoms with Crippen LogP contribution in [0.25, 0.3) is 0 Å². The number of allylic oxidation sites excluding steroid dienone is 4. The zero-order valence-corrected chi connectivity index (χ0v) is 28.3. The van der Waals surface area contributed by atoms with Crippen LogP contribution in [0.3, 0.4) is 0 Å². The second-order valence-corrected chi connectivity index (χ2v) is 12.9. The van der Waals surface area contributed by atoms with Crippen molar-refractivity contribution in [2.24, 2.45) is 23.3 Å². The smallest absolute Gasteiger partial charge is 0.405 e. The second-order valence-electron chi connectivity index (χ2n) is 12.9. The first-order valence-electron chi connectivity index (χ1n) is 15.6. The van der Waals surface area contributed by atoms with Crippen LogP contribution in [-0.2, 0) is 28.6 Å². The SMILES string of the molecule is CO[C@H]1/C=C\C=C(/C)C(=O)NC2=CC(=O)C(NCCCC(C)(C)N)=C(C[C@@H](C)C[C@H](OC)[C@H](O)[C@@H](C)/C=C(\C)[C@@H]1OC(N)=O)C2=O. The molecule has 2 rings (SSSR count). The third-order valence-electron chi connectivity index (χ3n) is 8.09. The van der Waals surface area contributed by atoms with Crippen molar-refractivity contribution in [2.75, 3.05) is 20.8 Å². The van der Waals surface area contributed by atoms with E-state index in [0.717, 1.165) is 6.08 Å². The van der Waals surface area contributed by atoms with Gasteiger partial charge in [-0.25, -0.2) is 4.79 Å². The summed E-state index contributed by atoms with van der Waals surface area (Å²) >= 11 is 0. The van der Waals surface area contributed by atoms with Crippen LogP contribution in [0, 0.1) is 11.8 Å². The highest BCUT2D eigenvalue weighted by molar-refractivity contribution is 6.23. The summed E-state index contributed by atoms with van der Waals surface area (Å²) in [4.78, 5) is 52.0. The molecule has 1 aliphatic carbocycles. The van der Waals surface area contributed by atoms with Crippen LogP contribution in [0.4, 0.5) is 4.79 Å². The number of amides is 2. The van der Waals surface area contributed by atoms with Gasteiger partial charge in [-0.1, -0.05) is 38.2 Å². The molecular formula is C34H52N4O8. The summed E-state index contributed by atoms with van der Waals surface area (Å²) in [5.41, 5.74) is 12.2. The van der Waals surface area contributed by atoms with Gasteiger partial charge in [0.25, 0.3) is 5.91 Å². The molecule has 46 heavy (non-hydrogen) atoms. The van der Waals surface area contributed by atoms with E-state index < -0.39 is 53.9 Å². The van der Waals surface area contributed by atoms with Crippen LogP contribution in [-0.4, -0.2) is 79.4 Å². The van der Waals surface area contributed by atoms with E-state index in [0.29, 0.717) is 31.4 Å². The predicted molar refractivity (Wildman–Crippen MR) is 175 cm³/mol. The molecule has 256 valence electrons. The number of primary amides is 1. The Hall–Kier alpha value is -3.58. The molecule has 12 nitrogen and oxygen atoms in total. The largest absolute Gasteiger partial charge is 0.439 e. The Kier molecular flexibility index (Phi) is 14.6. The first-order valence-corrected chi connectivity index (χ1v) is 15.6. The second kappa shape index (κ2) is 17.4. The maximum atomic E-state index is 13.8. The maximum Gasteiger partial charge on any atom is 0.405 e. The molecule has 2 amide bonds. The van der Waals surface area contributed by atoms with Crippen LogP contribution in [0.5, 0.6) is 0 Å². The Morgan fingerprint density at radius 1 is 1.15 bits per heavy atom. The lowest BCUT2D eigenvalue weighted by Gasteiger charge is -2.30. The lowest BCUT2D eigenvalue weighted by atomic mass is 9.85. The number of ether oxygens (including phenoxy) is 3. The number of Topliss-reactive ketones (excluding diaryl/α,β-unsaturated/α-hetero) is 1. The summed E-state index contributed by atoms with van der Waals surface area (Å²) in [6.45, 7) is 11.3. The van der Waals surface area contributed by atoms with Gasteiger partial charge in [0.05, 0.1) is 23.6 Å². The van der Waals surface area contributed by atoms with Gasteiger partial charge >= 0.3 is 6.09 Å². The number of nitrogens with two attached hydrogens (primary N) is 2. The minimum atomic E-state index is -1.00. The average molecular weight is 645 g/mol. The van der Waals surface area contributed by atoms with E-state index >= 15 is 0 Å². The third-order valence-corrected chi connectivity index (χ3v) is 8.09. The number of hydrogen-bond acceptors (Lipinski definition) is 10. The Balaban J connectivity index is 2.57. The molecule has 0 aromatic rings. The lowest BCUT2D eigenvalue weighted by Crippen LogP contribution is -2.38. The number of hydrogen-bond donors (Lipinski definition) is 5. The number of methoxy groups -OCH3 is 2. The number of carbonyl (C=O) groups is 4. The molecule has 0 aromatic heterocycles. The van der Waals surface area contributed by atoms with Crippen LogP contribution < -0.4 is 22.1 Å². The van der Waals surface area contributed by atoms with E-state index in [1.807, 2.05) is 27.7 Å². The molecule has 1 heterocycles. The number of carbonyl (C=O) groups excluding carboxylic acids is 4. The molecule has 2 bridgehead atoms. The van der Waals surface area contributed by atoms with Gasteiger partial charge in [0.2, 0.25) is 11.6 Å². The molecule has 7 N–H and O–H groups in total. The zero-order valence-electron chi connectivity index (χ0n) is 28.3. The molecule has 0 aromatic carbocycles. The first-order chi connectivity index (χ1) is 21.5. The molecule has 0 radical (unpaired) electrons. The van der Waals surface area contributed by atoms with E-state index in [4.69, 9.17) is 25.7 Å². The van der Waals surface area contributed by atoms with Crippen LogP contribution in [0.1, 0.15) is 67.2 Å². The van der Waals surface area contributed by atoms with Gasteiger partial charge < -0.3 is 41.4 Å². The van der Waals surface area contributed by atoms with Crippen molar-refractivity contribution < 1.29 is 38.5 Å². The Morgan fingerprint density at radius 3 is 2.41 bits per heavy atom. The van der Waals surface area contributed by atoms with Gasteiger partial charge in [-0.05, 0) is 64.9 Å². The van der Waals surface area contributed by atoms with E-state index in [1.165, 1.54) is 20.3 Å². The van der Waals surface area contributed by atoms with Gasteiger partial charge in [-0.15, -0.1) is 0 Å². The van der Waals surface area contributed by atoms with Crippen molar-refractivity contribution in [1.29, 1.82) is 0 Å². The van der Waals surface area contributed by atoms with Crippen molar-refractivity contribution in [3.63, 3.8) is 0 Å². The number of aliphatic hydroxyl groups is 1. The fourth-order valence-corrected chi connectivity index (χ4v) is 5.54. The van der Waals surface area contributed by atoms with Gasteiger partial charge in [0, 0.05) is 49.4 Å². The summed E-state index contributed by atoms with van der Waals surface area (Å²) in [5, 5.41) is 17.1. The normalized spacial score (nSPS) is 30.4. The van der Waals surface area contributed by atoms with Crippen LogP contribution in [0.2, 0.25) is 0 Å². The van der Waals surface area contributed by atoms with Gasteiger partial charge in [0.1, 0.15) is 6.10 Å². The minimum Gasteiger partial charge on any atom is -0.439 e. The van der Waals surface area contributed by atoms with E-state index in [1.54, 1.807) is 32.1 Å². The number of rotatable bonds is 8. The molecule has 0 fully saturated rings. The van der Waals surface area contributed by atoms with Gasteiger partial charge in [-0.2, -0.15) is 0 Å². The topological polar surface area (TPSA) is 192 Å². The van der Waals surface area contributed by atoms with E-state index in [2.05, 4.69) is 10.6 Å². The molecule has 6 atom stereocenters. The Labute approximate surface area is 272 Å². The molecule has 0 unspecified atom stereocenters. The molecule has 0 saturated heterocycles. The fraction of sp³-hybridized carbons (Fsp3) is 0.588. The van der Waals surface area contributed by atoms with Crippen molar-refractivity contribution in [1.82, 2.24) is 10.6 Å². The highest BCUT2D eigenvalue weighted by Crippen LogP contribution is 2.29. The molecule has 0 spiro atoms. The molecule has 2 aliphatic rings. The van der Waals surface area contributed by atoms with Gasteiger partial charge in [0.15, 0.2) is 6.10 Å². The summed E-state index contributed by atoms with van der Waals surface area (Å²) < 4.78 is 16.6. The highest BCUT2D eigenvalue weighted by Gasteiger charge is 2.33. The zero-order chi connectivity index (χ0) is 34.8. The number of aliphatic hydroxyl groups excluding tert-OH is 1. The quantitative estimate of drug-likeness (QED) is 0.149. The standard InChI is InChI=1S/C34H52N4O8/c1-19-15-23-28(37-14-10-13-34(5,6)36)25(39)18-24(30(23)41)38-32(42)20(2)11-9-12-26(44-7)31(46-33(35)43)22(4)17-21(3)29(40)27(16-19)45-8/h9,11-12,17-19,21,26-27,29,31,37,40H,10,13-16,36H2,1-8H3,(H2,35,43)(H,38,42)/b12-9-,20-11+,22-17+/t19-,21+,26+,27+,29-,31+/m1/s1. The summed E-state index contributed by atoms with van der Waals surface area (Å²) in [7, 11) is 2.93. The van der Waals surface area contributed by atoms with Crippen molar-refractivity contribution in [2.45, 2.75) is 97.2 Å². The highest BCUT2D eigenvalue weighted by atomic mass is 16.6. The number of ketones is 2. The fourth-order valence-electron chi connectivity index (χ4n) is 5.54. The maximum absolute atomic E-state index is 13.8. The summed E-state index contributed by atoms with van der Waals surface area (Å²) in [6.07, 6.45) is 5.20. The van der Waals surface area contributed by atoms with Gasteiger partial charge in [-0.3, -0.25) is 14.4 Å². The molecular weight excluding hydrogens is 592 g/mol. The van der Waals surface area contributed by atoms with Crippen LogP contribution in [0.15, 0.2) is 58.5 Å². The average Bonchev–Trinajstić information content (AvgIpc) is 2.97. The Bertz CT molecular complexity index is 1290. The number of fused-ring (bicyclic) bond motifs is 2. The predicted octanol–water partition coefficient (Wildman–Crippen LogP) is 2.87. The summed E-state index contributed by atoms with van der Waals surface area (Å²) in [5.74, 6) is -2.11. The third kappa shape index (κ3) is 11.3. The van der Waals surface area contributed by atoms with E-state index in [-0.39, 0.29) is 40.4 Å².